The molecule has 1 aromatic rings. The van der Waals surface area contributed by atoms with Crippen molar-refractivity contribution in [1.82, 2.24) is 5.32 Å². The molecule has 1 aliphatic heterocycles. The second kappa shape index (κ2) is 5.23. The minimum atomic E-state index is -0.300. The van der Waals surface area contributed by atoms with Gasteiger partial charge >= 0.3 is 0 Å². The van der Waals surface area contributed by atoms with Crippen LogP contribution in [0.4, 0.5) is 10.1 Å². The van der Waals surface area contributed by atoms with Crippen molar-refractivity contribution in [3.63, 3.8) is 0 Å². The van der Waals surface area contributed by atoms with E-state index in [4.69, 9.17) is 11.6 Å². The molecule has 0 bridgehead atoms. The van der Waals surface area contributed by atoms with Crippen LogP contribution in [0, 0.1) is 5.82 Å². The highest BCUT2D eigenvalue weighted by Gasteiger charge is 2.38. The third kappa shape index (κ3) is 2.63. The van der Waals surface area contributed by atoms with Crippen molar-refractivity contribution >= 4 is 33.2 Å². The summed E-state index contributed by atoms with van der Waals surface area (Å²) in [4.78, 5) is 2.29. The van der Waals surface area contributed by atoms with E-state index < -0.39 is 0 Å². The van der Waals surface area contributed by atoms with Gasteiger partial charge in [0, 0.05) is 29.6 Å². The van der Waals surface area contributed by atoms with Crippen LogP contribution < -0.4 is 10.2 Å². The molecule has 1 saturated heterocycles. The van der Waals surface area contributed by atoms with E-state index in [9.17, 15) is 4.39 Å². The van der Waals surface area contributed by atoms with E-state index >= 15 is 0 Å². The molecular weight excluding hydrogens is 331 g/mol. The maximum atomic E-state index is 13.3. The number of nitrogens with one attached hydrogen (secondary N) is 1. The summed E-state index contributed by atoms with van der Waals surface area (Å²) in [6, 6.07) is 2.88. The number of hydrogen-bond donors (Lipinski definition) is 1. The zero-order valence-electron chi connectivity index (χ0n) is 10.7. The summed E-state index contributed by atoms with van der Waals surface area (Å²) in [6.45, 7) is 2.82. The molecule has 2 nitrogen and oxygen atoms in total. The van der Waals surface area contributed by atoms with Crippen LogP contribution in [0.25, 0.3) is 0 Å². The smallest absolute Gasteiger partial charge is 0.125 e. The zero-order chi connectivity index (χ0) is 13.5. The Morgan fingerprint density at radius 2 is 2.05 bits per heavy atom. The lowest BCUT2D eigenvalue weighted by Gasteiger charge is -2.43. The van der Waals surface area contributed by atoms with Gasteiger partial charge in [0.2, 0.25) is 0 Å². The van der Waals surface area contributed by atoms with Gasteiger partial charge in [-0.2, -0.15) is 0 Å². The first-order valence-corrected chi connectivity index (χ1v) is 7.91. The normalized spacial score (nSPS) is 22.2. The number of anilines is 1. The molecule has 0 radical (unpaired) electrons. The summed E-state index contributed by atoms with van der Waals surface area (Å²) >= 11 is 9.68. The van der Waals surface area contributed by atoms with Crippen molar-refractivity contribution in [3.8, 4) is 0 Å². The van der Waals surface area contributed by atoms with Gasteiger partial charge in [-0.05, 0) is 40.9 Å². The molecule has 2 aliphatic rings. The van der Waals surface area contributed by atoms with Crippen molar-refractivity contribution in [2.75, 3.05) is 24.5 Å². The van der Waals surface area contributed by atoms with Crippen LogP contribution in [0.3, 0.4) is 0 Å². The van der Waals surface area contributed by atoms with Crippen LogP contribution in [0.5, 0.6) is 0 Å². The van der Waals surface area contributed by atoms with Crippen LogP contribution in [0.15, 0.2) is 16.6 Å². The third-order valence-corrected chi connectivity index (χ3v) is 5.13. The topological polar surface area (TPSA) is 15.3 Å². The van der Waals surface area contributed by atoms with Gasteiger partial charge in [-0.15, -0.1) is 0 Å². The molecule has 1 aromatic carbocycles. The molecule has 0 unspecified atom stereocenters. The minimum Gasteiger partial charge on any atom is -0.366 e. The van der Waals surface area contributed by atoms with Crippen molar-refractivity contribution in [2.24, 2.45) is 0 Å². The number of benzene rings is 1. The van der Waals surface area contributed by atoms with E-state index in [1.54, 1.807) is 0 Å². The Hall–Kier alpha value is -0.320. The molecule has 0 aromatic heterocycles. The Morgan fingerprint density at radius 3 is 2.74 bits per heavy atom. The average Bonchev–Trinajstić information content (AvgIpc) is 2.76. The van der Waals surface area contributed by atoms with Gasteiger partial charge in [0.25, 0.3) is 0 Å². The van der Waals surface area contributed by atoms with E-state index in [0.29, 0.717) is 5.02 Å². The van der Waals surface area contributed by atoms with E-state index in [0.717, 1.165) is 29.8 Å². The van der Waals surface area contributed by atoms with Crippen LogP contribution >= 0.6 is 27.5 Å². The molecule has 3 rings (SSSR count). The molecule has 0 amide bonds. The average molecular weight is 348 g/mol. The monoisotopic (exact) mass is 346 g/mol. The maximum Gasteiger partial charge on any atom is 0.125 e. The third-order valence-electron chi connectivity index (χ3n) is 4.23. The summed E-state index contributed by atoms with van der Waals surface area (Å²) in [7, 11) is 0. The van der Waals surface area contributed by atoms with Gasteiger partial charge in [-0.1, -0.05) is 24.4 Å². The Labute approximate surface area is 126 Å². The number of piperazine rings is 1. The fourth-order valence-corrected chi connectivity index (χ4v) is 4.49. The molecule has 1 N–H and O–H groups in total. The summed E-state index contributed by atoms with van der Waals surface area (Å²) in [5.41, 5.74) is 1.16. The maximum absolute atomic E-state index is 13.3. The van der Waals surface area contributed by atoms with Crippen LogP contribution in [-0.2, 0) is 0 Å². The first kappa shape index (κ1) is 13.7. The highest BCUT2D eigenvalue weighted by molar-refractivity contribution is 9.10. The van der Waals surface area contributed by atoms with Crippen molar-refractivity contribution in [3.05, 3.63) is 27.4 Å². The lowest BCUT2D eigenvalue weighted by molar-refractivity contribution is 0.304. The molecule has 5 heteroatoms. The van der Waals surface area contributed by atoms with Gasteiger partial charge in [0.15, 0.2) is 0 Å². The predicted molar refractivity (Wildman–Crippen MR) is 80.5 cm³/mol. The second-order valence-corrected chi connectivity index (χ2v) is 6.82. The fourth-order valence-electron chi connectivity index (χ4n) is 3.37. The van der Waals surface area contributed by atoms with Crippen LogP contribution in [-0.4, -0.2) is 25.2 Å². The number of hydrogen-bond acceptors (Lipinski definition) is 2. The summed E-state index contributed by atoms with van der Waals surface area (Å²) in [5.74, 6) is -0.300. The largest absolute Gasteiger partial charge is 0.366 e. The SMILES string of the molecule is Fc1cc(Cl)c(N2CCNC3(CCCC3)C2)c(Br)c1. The number of rotatable bonds is 1. The highest BCUT2D eigenvalue weighted by atomic mass is 79.9. The molecule has 1 aliphatic carbocycles. The Morgan fingerprint density at radius 1 is 1.32 bits per heavy atom. The van der Waals surface area contributed by atoms with Gasteiger partial charge in [-0.3, -0.25) is 0 Å². The Balaban J connectivity index is 1.90. The van der Waals surface area contributed by atoms with Crippen molar-refractivity contribution < 1.29 is 4.39 Å². The van der Waals surface area contributed by atoms with Gasteiger partial charge in [0.05, 0.1) is 10.7 Å². The summed E-state index contributed by atoms with van der Waals surface area (Å²) < 4.78 is 14.1. The number of nitrogens with zero attached hydrogens (tertiary/aromatic N) is 1. The van der Waals surface area contributed by atoms with Gasteiger partial charge < -0.3 is 10.2 Å². The number of halogens is 3. The Kier molecular flexibility index (Phi) is 3.76. The van der Waals surface area contributed by atoms with Crippen molar-refractivity contribution in [2.45, 2.75) is 31.2 Å². The first-order valence-electron chi connectivity index (χ1n) is 6.74. The summed E-state index contributed by atoms with van der Waals surface area (Å²) in [6.07, 6.45) is 5.03. The van der Waals surface area contributed by atoms with Gasteiger partial charge in [-0.25, -0.2) is 4.39 Å². The fraction of sp³-hybridized carbons (Fsp3) is 0.571. The molecule has 0 atom stereocenters. The Bertz CT molecular complexity index is 465. The quantitative estimate of drug-likeness (QED) is 0.827. The highest BCUT2D eigenvalue weighted by Crippen LogP contribution is 2.39. The lowest BCUT2D eigenvalue weighted by Crippen LogP contribution is -2.59. The minimum absolute atomic E-state index is 0.232. The van der Waals surface area contributed by atoms with E-state index in [1.165, 1.54) is 37.8 Å². The molecule has 2 fully saturated rings. The predicted octanol–water partition coefficient (Wildman–Crippen LogP) is 3.96. The van der Waals surface area contributed by atoms with E-state index in [2.05, 4.69) is 26.1 Å². The van der Waals surface area contributed by atoms with Crippen LogP contribution in [0.2, 0.25) is 5.02 Å². The molecule has 1 saturated carbocycles. The second-order valence-electron chi connectivity index (χ2n) is 5.55. The van der Waals surface area contributed by atoms with Crippen LogP contribution in [0.1, 0.15) is 25.7 Å². The first-order chi connectivity index (χ1) is 9.10. The van der Waals surface area contributed by atoms with Crippen molar-refractivity contribution in [1.29, 1.82) is 0 Å². The summed E-state index contributed by atoms with van der Waals surface area (Å²) in [5, 5.41) is 4.16. The lowest BCUT2D eigenvalue weighted by atomic mass is 9.94. The van der Waals surface area contributed by atoms with E-state index in [-0.39, 0.29) is 11.4 Å². The molecular formula is C14H17BrClFN2. The van der Waals surface area contributed by atoms with Gasteiger partial charge in [0.1, 0.15) is 5.82 Å². The zero-order valence-corrected chi connectivity index (χ0v) is 13.0. The molecule has 1 spiro atoms. The van der Waals surface area contributed by atoms with E-state index in [1.807, 2.05) is 0 Å². The molecule has 104 valence electrons. The molecule has 19 heavy (non-hydrogen) atoms. The molecule has 1 heterocycles. The standard InChI is InChI=1S/C14H17BrClFN2/c15-11-7-10(17)8-12(16)13(11)19-6-5-18-14(9-19)3-1-2-4-14/h7-8,18H,1-6,9H2.